The SMILES string of the molecule is Cc1cc(F)cc2c1C1(CCN(C)C1=O)N(Cc1cc3nc(Cl)c(F)cc3n1COCC[Si](C)(C)C)C2=O. The summed E-state index contributed by atoms with van der Waals surface area (Å²) in [6.45, 7) is 9.64. The molecule has 11 heteroatoms. The number of aromatic nitrogens is 2. The van der Waals surface area contributed by atoms with Gasteiger partial charge in [-0.3, -0.25) is 9.59 Å². The summed E-state index contributed by atoms with van der Waals surface area (Å²) >= 11 is 5.97. The highest BCUT2D eigenvalue weighted by molar-refractivity contribution is 6.76. The number of carbonyl (C=O) groups is 2. The predicted octanol–water partition coefficient (Wildman–Crippen LogP) is 5.30. The largest absolute Gasteiger partial charge is 0.361 e. The molecule has 1 unspecified atom stereocenters. The lowest BCUT2D eigenvalue weighted by molar-refractivity contribution is -0.136. The number of nitrogens with zero attached hydrogens (tertiary/aromatic N) is 4. The van der Waals surface area contributed by atoms with Crippen molar-refractivity contribution in [2.45, 2.75) is 57.8 Å². The average molecular weight is 561 g/mol. The van der Waals surface area contributed by atoms with Gasteiger partial charge in [-0.15, -0.1) is 0 Å². The first-order chi connectivity index (χ1) is 17.8. The van der Waals surface area contributed by atoms with Crippen molar-refractivity contribution in [1.82, 2.24) is 19.4 Å². The summed E-state index contributed by atoms with van der Waals surface area (Å²) in [7, 11) is 0.369. The van der Waals surface area contributed by atoms with E-state index < -0.39 is 31.2 Å². The van der Waals surface area contributed by atoms with E-state index in [4.69, 9.17) is 16.3 Å². The van der Waals surface area contributed by atoms with Crippen molar-refractivity contribution in [3.05, 3.63) is 63.4 Å². The van der Waals surface area contributed by atoms with Gasteiger partial charge < -0.3 is 19.1 Å². The molecule has 3 aromatic rings. The maximum atomic E-state index is 14.5. The molecule has 2 amide bonds. The number of halogens is 3. The summed E-state index contributed by atoms with van der Waals surface area (Å²) in [6.07, 6.45) is 0.388. The number of pyridine rings is 1. The fourth-order valence-corrected chi connectivity index (χ4v) is 6.52. The second-order valence-electron chi connectivity index (χ2n) is 11.5. The number of hydrogen-bond donors (Lipinski definition) is 0. The van der Waals surface area contributed by atoms with Gasteiger partial charge in [0.2, 0.25) is 0 Å². The zero-order valence-corrected chi connectivity index (χ0v) is 24.0. The molecule has 1 atom stereocenters. The molecule has 2 aliphatic rings. The molecule has 5 rings (SSSR count). The zero-order chi connectivity index (χ0) is 27.6. The average Bonchev–Trinajstić information content (AvgIpc) is 3.39. The molecule has 0 radical (unpaired) electrons. The lowest BCUT2D eigenvalue weighted by atomic mass is 9.84. The third-order valence-corrected chi connectivity index (χ3v) is 9.55. The summed E-state index contributed by atoms with van der Waals surface area (Å²) in [6, 6.07) is 6.57. The van der Waals surface area contributed by atoms with Crippen LogP contribution in [0.1, 0.15) is 33.6 Å². The molecule has 2 aromatic heterocycles. The van der Waals surface area contributed by atoms with Gasteiger partial charge in [-0.1, -0.05) is 31.2 Å². The molecule has 7 nitrogen and oxygen atoms in total. The first kappa shape index (κ1) is 26.8. The molecule has 4 heterocycles. The van der Waals surface area contributed by atoms with Crippen LogP contribution in [0.15, 0.2) is 24.3 Å². The van der Waals surface area contributed by atoms with Crippen LogP contribution in [-0.2, 0) is 28.3 Å². The van der Waals surface area contributed by atoms with Crippen molar-refractivity contribution in [2.24, 2.45) is 0 Å². The summed E-state index contributed by atoms with van der Waals surface area (Å²) in [5.41, 5.74) is 1.62. The zero-order valence-electron chi connectivity index (χ0n) is 22.2. The van der Waals surface area contributed by atoms with Crippen LogP contribution in [0.25, 0.3) is 11.0 Å². The number of likely N-dealkylation sites (N-methyl/N-ethyl adjacent to an activating group) is 1. The lowest BCUT2D eigenvalue weighted by Crippen LogP contribution is -2.49. The van der Waals surface area contributed by atoms with Gasteiger partial charge in [0.1, 0.15) is 12.5 Å². The highest BCUT2D eigenvalue weighted by Crippen LogP contribution is 2.48. The Balaban J connectivity index is 1.59. The number of carbonyl (C=O) groups excluding carboxylic acids is 2. The first-order valence-electron chi connectivity index (χ1n) is 12.6. The van der Waals surface area contributed by atoms with E-state index in [2.05, 4.69) is 24.6 Å². The third-order valence-electron chi connectivity index (χ3n) is 7.58. The smallest absolute Gasteiger partial charge is 0.255 e. The lowest BCUT2D eigenvalue weighted by Gasteiger charge is -2.35. The molecule has 1 saturated heterocycles. The van der Waals surface area contributed by atoms with Crippen LogP contribution in [0.5, 0.6) is 0 Å². The van der Waals surface area contributed by atoms with Crippen LogP contribution in [0.3, 0.4) is 0 Å². The normalized spacial score (nSPS) is 19.5. The number of ether oxygens (including phenoxy) is 1. The van der Waals surface area contributed by atoms with Crippen molar-refractivity contribution >= 4 is 42.5 Å². The summed E-state index contributed by atoms with van der Waals surface area (Å²) in [4.78, 5) is 34.8. The van der Waals surface area contributed by atoms with Crippen molar-refractivity contribution in [3.63, 3.8) is 0 Å². The molecular weight excluding hydrogens is 530 g/mol. The Morgan fingerprint density at radius 2 is 1.89 bits per heavy atom. The Bertz CT molecular complexity index is 1470. The number of fused-ring (bicyclic) bond motifs is 3. The van der Waals surface area contributed by atoms with E-state index >= 15 is 0 Å². The molecule has 1 aromatic carbocycles. The van der Waals surface area contributed by atoms with Gasteiger partial charge in [-0.25, -0.2) is 13.8 Å². The van der Waals surface area contributed by atoms with E-state index in [0.29, 0.717) is 47.4 Å². The van der Waals surface area contributed by atoms with Gasteiger partial charge in [-0.2, -0.15) is 0 Å². The molecule has 1 spiro atoms. The van der Waals surface area contributed by atoms with E-state index in [1.54, 1.807) is 29.5 Å². The molecule has 0 saturated carbocycles. The molecule has 0 aliphatic carbocycles. The van der Waals surface area contributed by atoms with E-state index in [-0.39, 0.29) is 29.9 Å². The highest BCUT2D eigenvalue weighted by atomic mass is 35.5. The van der Waals surface area contributed by atoms with Gasteiger partial charge in [0.25, 0.3) is 11.8 Å². The van der Waals surface area contributed by atoms with Gasteiger partial charge >= 0.3 is 0 Å². The summed E-state index contributed by atoms with van der Waals surface area (Å²) < 4.78 is 36.6. The molecule has 0 N–H and O–H groups in total. The molecular formula is C27H31ClF2N4O3Si. The number of likely N-dealkylation sites (tertiary alicyclic amines) is 1. The molecule has 1 fully saturated rings. The monoisotopic (exact) mass is 560 g/mol. The van der Waals surface area contributed by atoms with Crippen molar-refractivity contribution in [3.8, 4) is 0 Å². The van der Waals surface area contributed by atoms with Crippen LogP contribution >= 0.6 is 11.6 Å². The van der Waals surface area contributed by atoms with Gasteiger partial charge in [0, 0.05) is 57.6 Å². The second kappa shape index (κ2) is 9.43. The van der Waals surface area contributed by atoms with Crippen LogP contribution < -0.4 is 0 Å². The summed E-state index contributed by atoms with van der Waals surface area (Å²) in [5, 5.41) is -0.249. The Morgan fingerprint density at radius 1 is 1.16 bits per heavy atom. The van der Waals surface area contributed by atoms with Crippen LogP contribution in [0.2, 0.25) is 30.8 Å². The topological polar surface area (TPSA) is 67.7 Å². The predicted molar refractivity (Wildman–Crippen MR) is 144 cm³/mol. The molecule has 202 valence electrons. The quantitative estimate of drug-likeness (QED) is 0.223. The van der Waals surface area contributed by atoms with Crippen molar-refractivity contribution < 1.29 is 23.1 Å². The molecule has 0 bridgehead atoms. The Labute approximate surface area is 226 Å². The number of benzene rings is 1. The Morgan fingerprint density at radius 3 is 2.55 bits per heavy atom. The van der Waals surface area contributed by atoms with Crippen LogP contribution in [0, 0.1) is 18.6 Å². The maximum absolute atomic E-state index is 14.5. The highest BCUT2D eigenvalue weighted by Gasteiger charge is 2.59. The van der Waals surface area contributed by atoms with E-state index in [0.717, 1.165) is 6.04 Å². The summed E-state index contributed by atoms with van der Waals surface area (Å²) in [5.74, 6) is -1.81. The first-order valence-corrected chi connectivity index (χ1v) is 16.7. The molecule has 2 aliphatic heterocycles. The van der Waals surface area contributed by atoms with E-state index in [1.807, 2.05) is 0 Å². The minimum Gasteiger partial charge on any atom is -0.361 e. The minimum atomic E-state index is -1.33. The van der Waals surface area contributed by atoms with Crippen LogP contribution in [0.4, 0.5) is 8.78 Å². The molecule has 38 heavy (non-hydrogen) atoms. The fraction of sp³-hybridized carbons (Fsp3) is 0.444. The van der Waals surface area contributed by atoms with Crippen molar-refractivity contribution in [1.29, 1.82) is 0 Å². The van der Waals surface area contributed by atoms with E-state index in [9.17, 15) is 18.4 Å². The minimum absolute atomic E-state index is 0.0289. The standard InChI is InChI=1S/C27H31ClF2N4O3Si/c1-16-10-17(29)11-19-23(16)27(6-7-32(2)26(27)36)34(25(19)35)14-18-12-21-22(13-20(30)24(28)31-21)33(18)15-37-8-9-38(3,4)5/h10-13H,6-9,14-15H2,1-5H3. The Kier molecular flexibility index (Phi) is 6.64. The van der Waals surface area contributed by atoms with Crippen molar-refractivity contribution in [2.75, 3.05) is 20.2 Å². The third kappa shape index (κ3) is 4.32. The Hall–Kier alpha value is -2.82. The van der Waals surface area contributed by atoms with Crippen LogP contribution in [-0.4, -0.2) is 59.4 Å². The van der Waals surface area contributed by atoms with E-state index in [1.165, 1.54) is 23.1 Å². The van der Waals surface area contributed by atoms with Gasteiger partial charge in [-0.05, 0) is 36.7 Å². The maximum Gasteiger partial charge on any atom is 0.255 e. The number of rotatable bonds is 7. The number of hydrogen-bond acceptors (Lipinski definition) is 4. The second-order valence-corrected chi connectivity index (χ2v) is 17.4. The van der Waals surface area contributed by atoms with Gasteiger partial charge in [0.15, 0.2) is 16.5 Å². The number of aryl methyl sites for hydroxylation is 1. The number of amides is 2. The fourth-order valence-electron chi connectivity index (χ4n) is 5.62. The van der Waals surface area contributed by atoms with Gasteiger partial charge in [0.05, 0.1) is 17.6 Å².